The van der Waals surface area contributed by atoms with E-state index in [9.17, 15) is 35.5 Å². The van der Waals surface area contributed by atoms with E-state index in [-0.39, 0.29) is 67.8 Å². The first-order valence-electron chi connectivity index (χ1n) is 11.4. The maximum absolute atomic E-state index is 13.4. The number of hydrogen-bond donors (Lipinski definition) is 1. The number of amides is 1. The lowest BCUT2D eigenvalue weighted by atomic mass is 9.96. The second-order valence-electron chi connectivity index (χ2n) is 9.16. The lowest BCUT2D eigenvalue weighted by Crippen LogP contribution is -2.49. The molecule has 190 valence electrons. The fourth-order valence-corrected chi connectivity index (χ4v) is 7.70. The molecule has 1 aromatic carbocycles. The van der Waals surface area contributed by atoms with E-state index < -0.39 is 38.0 Å². The summed E-state index contributed by atoms with van der Waals surface area (Å²) in [5, 5.41) is 9.62. The SMILES string of the molecule is O=C([C@@H]1CCCN(S(=O)(=O)c2ccc(S(=O)(=O)N3CC[C@@H](O)C3)cc2)C1)N1CCC(F)(F)CC1. The zero-order valence-corrected chi connectivity index (χ0v) is 20.3. The van der Waals surface area contributed by atoms with Crippen molar-refractivity contribution < 1.29 is 35.5 Å². The van der Waals surface area contributed by atoms with Gasteiger partial charge in [0.25, 0.3) is 5.92 Å². The number of aliphatic hydroxyl groups is 1. The Morgan fingerprint density at radius 2 is 1.38 bits per heavy atom. The highest BCUT2D eigenvalue weighted by molar-refractivity contribution is 7.89. The van der Waals surface area contributed by atoms with Crippen molar-refractivity contribution in [3.05, 3.63) is 24.3 Å². The van der Waals surface area contributed by atoms with E-state index in [0.29, 0.717) is 19.3 Å². The lowest BCUT2D eigenvalue weighted by Gasteiger charge is -2.37. The molecule has 9 nitrogen and oxygen atoms in total. The topological polar surface area (TPSA) is 115 Å². The maximum Gasteiger partial charge on any atom is 0.251 e. The van der Waals surface area contributed by atoms with E-state index in [4.69, 9.17) is 0 Å². The number of halogens is 2. The molecule has 1 aromatic rings. The zero-order valence-electron chi connectivity index (χ0n) is 18.6. The van der Waals surface area contributed by atoms with Gasteiger partial charge in [-0.15, -0.1) is 0 Å². The number of rotatable bonds is 5. The average Bonchev–Trinajstić information content (AvgIpc) is 3.26. The van der Waals surface area contributed by atoms with Crippen molar-refractivity contribution in [3.8, 4) is 0 Å². The van der Waals surface area contributed by atoms with Gasteiger partial charge in [-0.2, -0.15) is 8.61 Å². The molecule has 0 spiro atoms. The molecule has 3 fully saturated rings. The van der Waals surface area contributed by atoms with Gasteiger partial charge in [0, 0.05) is 52.1 Å². The molecule has 34 heavy (non-hydrogen) atoms. The Hall–Kier alpha value is -1.67. The molecule has 3 aliphatic heterocycles. The van der Waals surface area contributed by atoms with Crippen LogP contribution in [0.1, 0.15) is 32.1 Å². The molecule has 1 N–H and O–H groups in total. The summed E-state index contributed by atoms with van der Waals surface area (Å²) in [5.41, 5.74) is 0. The normalized spacial score (nSPS) is 27.1. The van der Waals surface area contributed by atoms with Crippen LogP contribution in [0.4, 0.5) is 8.78 Å². The molecule has 3 saturated heterocycles. The van der Waals surface area contributed by atoms with E-state index in [1.807, 2.05) is 0 Å². The third-order valence-electron chi connectivity index (χ3n) is 6.77. The van der Waals surface area contributed by atoms with Crippen molar-refractivity contribution in [2.75, 3.05) is 39.3 Å². The fraction of sp³-hybridized carbons (Fsp3) is 0.667. The Bertz CT molecular complexity index is 1120. The van der Waals surface area contributed by atoms with Gasteiger partial charge in [-0.05, 0) is 43.5 Å². The molecule has 0 aliphatic carbocycles. The first-order chi connectivity index (χ1) is 15.9. The van der Waals surface area contributed by atoms with Crippen molar-refractivity contribution in [2.24, 2.45) is 5.92 Å². The number of carbonyl (C=O) groups is 1. The number of β-amino-alcohol motifs (C(OH)–C–C–N with tert-alkyl or cyclic N) is 1. The zero-order chi connectivity index (χ0) is 24.7. The summed E-state index contributed by atoms with van der Waals surface area (Å²) in [6.07, 6.45) is -0.204. The Morgan fingerprint density at radius 3 is 1.88 bits per heavy atom. The van der Waals surface area contributed by atoms with Crippen molar-refractivity contribution >= 4 is 26.0 Å². The third-order valence-corrected chi connectivity index (χ3v) is 10.5. The van der Waals surface area contributed by atoms with Crippen LogP contribution in [0.15, 0.2) is 34.1 Å². The van der Waals surface area contributed by atoms with Crippen LogP contribution in [0.25, 0.3) is 0 Å². The van der Waals surface area contributed by atoms with Crippen LogP contribution in [-0.2, 0) is 24.8 Å². The summed E-state index contributed by atoms with van der Waals surface area (Å²) in [4.78, 5) is 14.1. The first kappa shape index (κ1) is 25.4. The van der Waals surface area contributed by atoms with Crippen LogP contribution in [-0.4, -0.2) is 92.7 Å². The quantitative estimate of drug-likeness (QED) is 0.621. The summed E-state index contributed by atoms with van der Waals surface area (Å²) in [6.45, 7) is 0.287. The smallest absolute Gasteiger partial charge is 0.251 e. The highest BCUT2D eigenvalue weighted by Crippen LogP contribution is 2.31. The van der Waals surface area contributed by atoms with Crippen molar-refractivity contribution in [1.82, 2.24) is 13.5 Å². The number of likely N-dealkylation sites (tertiary alicyclic amines) is 1. The van der Waals surface area contributed by atoms with Crippen LogP contribution in [0.5, 0.6) is 0 Å². The van der Waals surface area contributed by atoms with E-state index in [0.717, 1.165) is 0 Å². The van der Waals surface area contributed by atoms with Gasteiger partial charge < -0.3 is 10.0 Å². The molecule has 0 saturated carbocycles. The minimum Gasteiger partial charge on any atom is -0.392 e. The summed E-state index contributed by atoms with van der Waals surface area (Å²) in [7, 11) is -7.81. The predicted octanol–water partition coefficient (Wildman–Crippen LogP) is 1.10. The number of piperidine rings is 2. The number of aliphatic hydroxyl groups excluding tert-OH is 1. The van der Waals surface area contributed by atoms with Gasteiger partial charge in [-0.25, -0.2) is 25.6 Å². The van der Waals surface area contributed by atoms with Crippen LogP contribution in [0.3, 0.4) is 0 Å². The first-order valence-corrected chi connectivity index (χ1v) is 14.2. The van der Waals surface area contributed by atoms with Crippen LogP contribution in [0, 0.1) is 5.92 Å². The van der Waals surface area contributed by atoms with Gasteiger partial charge in [0.1, 0.15) is 0 Å². The molecular weight excluding hydrogens is 492 g/mol. The van der Waals surface area contributed by atoms with Crippen molar-refractivity contribution in [1.29, 1.82) is 0 Å². The molecule has 3 aliphatic rings. The van der Waals surface area contributed by atoms with Gasteiger partial charge in [0.2, 0.25) is 26.0 Å². The van der Waals surface area contributed by atoms with E-state index in [1.54, 1.807) is 0 Å². The Kier molecular flexibility index (Phi) is 7.04. The molecule has 0 unspecified atom stereocenters. The number of benzene rings is 1. The Morgan fingerprint density at radius 1 is 0.853 bits per heavy atom. The highest BCUT2D eigenvalue weighted by Gasteiger charge is 2.40. The molecule has 0 aromatic heterocycles. The molecule has 0 radical (unpaired) electrons. The molecule has 2 atom stereocenters. The van der Waals surface area contributed by atoms with Crippen LogP contribution in [0.2, 0.25) is 0 Å². The van der Waals surface area contributed by atoms with Gasteiger partial charge >= 0.3 is 0 Å². The number of sulfonamides is 2. The molecule has 3 heterocycles. The van der Waals surface area contributed by atoms with Gasteiger partial charge in [0.05, 0.1) is 21.8 Å². The van der Waals surface area contributed by atoms with E-state index in [1.165, 1.54) is 37.8 Å². The van der Waals surface area contributed by atoms with Gasteiger partial charge in [-0.3, -0.25) is 4.79 Å². The standard InChI is InChI=1S/C21H29F2N3O6S2/c22-21(23)8-12-24(13-9-21)20(28)16-2-1-10-25(14-16)33(29,30)18-3-5-19(6-4-18)34(31,32)26-11-7-17(27)15-26/h3-6,16-17,27H,1-2,7-15H2/t16-,17-/m1/s1. The van der Waals surface area contributed by atoms with Crippen LogP contribution < -0.4 is 0 Å². The van der Waals surface area contributed by atoms with Crippen LogP contribution >= 0.6 is 0 Å². The lowest BCUT2D eigenvalue weighted by molar-refractivity contribution is -0.142. The summed E-state index contributed by atoms with van der Waals surface area (Å²) < 4.78 is 81.0. The summed E-state index contributed by atoms with van der Waals surface area (Å²) >= 11 is 0. The summed E-state index contributed by atoms with van der Waals surface area (Å²) in [5.74, 6) is -3.67. The second kappa shape index (κ2) is 9.41. The second-order valence-corrected chi connectivity index (χ2v) is 13.0. The van der Waals surface area contributed by atoms with Gasteiger partial charge in [-0.1, -0.05) is 0 Å². The largest absolute Gasteiger partial charge is 0.392 e. The Balaban J connectivity index is 1.45. The molecule has 0 bridgehead atoms. The Labute approximate surface area is 198 Å². The van der Waals surface area contributed by atoms with Crippen molar-refractivity contribution in [3.63, 3.8) is 0 Å². The molecule has 4 rings (SSSR count). The number of nitrogens with zero attached hydrogens (tertiary/aromatic N) is 3. The fourth-order valence-electron chi connectivity index (χ4n) is 4.69. The number of hydrogen-bond acceptors (Lipinski definition) is 6. The molecular formula is C21H29F2N3O6S2. The molecule has 13 heteroatoms. The molecule has 1 amide bonds. The van der Waals surface area contributed by atoms with E-state index >= 15 is 0 Å². The summed E-state index contributed by atoms with van der Waals surface area (Å²) in [6, 6.07) is 4.92. The van der Waals surface area contributed by atoms with E-state index in [2.05, 4.69) is 0 Å². The predicted molar refractivity (Wildman–Crippen MR) is 118 cm³/mol. The minimum absolute atomic E-state index is 0.000236. The highest BCUT2D eigenvalue weighted by atomic mass is 32.2. The number of alkyl halides is 2. The number of carbonyl (C=O) groups excluding carboxylic acids is 1. The third kappa shape index (κ3) is 5.13. The van der Waals surface area contributed by atoms with Gasteiger partial charge in [0.15, 0.2) is 0 Å². The minimum atomic E-state index is -3.97. The van der Waals surface area contributed by atoms with Crippen molar-refractivity contribution in [2.45, 2.75) is 53.9 Å². The average molecular weight is 522 g/mol. The monoisotopic (exact) mass is 521 g/mol. The maximum atomic E-state index is 13.4.